The van der Waals surface area contributed by atoms with E-state index in [1.165, 1.54) is 25.7 Å². The van der Waals surface area contributed by atoms with Gasteiger partial charge in [0.05, 0.1) is 6.61 Å². The summed E-state index contributed by atoms with van der Waals surface area (Å²) in [7, 11) is 0. The van der Waals surface area contributed by atoms with Crippen LogP contribution in [0, 0.1) is 0 Å². The van der Waals surface area contributed by atoms with Gasteiger partial charge in [-0.15, -0.1) is 0 Å². The van der Waals surface area contributed by atoms with Gasteiger partial charge in [-0.05, 0) is 29.3 Å². The minimum atomic E-state index is 0.229. The van der Waals surface area contributed by atoms with Crippen LogP contribution in [0.2, 0.25) is 0 Å². The zero-order valence-corrected chi connectivity index (χ0v) is 11.6. The number of hydrogen-bond donors (Lipinski definition) is 1. The van der Waals surface area contributed by atoms with Gasteiger partial charge in [0.25, 0.3) is 0 Å². The number of ether oxygens (including phenoxy) is 1. The predicted molar refractivity (Wildman–Crippen MR) is 79.9 cm³/mol. The first-order valence-electron chi connectivity index (χ1n) is 7.16. The monoisotopic (exact) mass is 258 g/mol. The van der Waals surface area contributed by atoms with Crippen LogP contribution in [-0.2, 0) is 0 Å². The SMILES string of the molecule is CCCCCCCOc1cc2ccccc2cc1O. The van der Waals surface area contributed by atoms with E-state index in [1.54, 1.807) is 6.07 Å². The highest BCUT2D eigenvalue weighted by Gasteiger charge is 2.04. The Bertz CT molecular complexity index is 520. The minimum Gasteiger partial charge on any atom is -0.504 e. The molecule has 0 aromatic heterocycles. The fourth-order valence-corrected chi connectivity index (χ4v) is 2.21. The Kier molecular flexibility index (Phi) is 5.08. The fraction of sp³-hybridized carbons (Fsp3) is 0.412. The third kappa shape index (κ3) is 3.88. The van der Waals surface area contributed by atoms with E-state index in [1.807, 2.05) is 30.3 Å². The van der Waals surface area contributed by atoms with E-state index in [-0.39, 0.29) is 5.75 Å². The zero-order chi connectivity index (χ0) is 13.5. The van der Waals surface area contributed by atoms with Crippen molar-refractivity contribution in [2.45, 2.75) is 39.0 Å². The maximum atomic E-state index is 9.92. The molecule has 0 fully saturated rings. The van der Waals surface area contributed by atoms with Crippen LogP contribution < -0.4 is 4.74 Å². The highest BCUT2D eigenvalue weighted by atomic mass is 16.5. The highest BCUT2D eigenvalue weighted by molar-refractivity contribution is 5.85. The fourth-order valence-electron chi connectivity index (χ4n) is 2.21. The van der Waals surface area contributed by atoms with Crippen LogP contribution in [0.25, 0.3) is 10.8 Å². The van der Waals surface area contributed by atoms with Gasteiger partial charge < -0.3 is 9.84 Å². The molecule has 0 bridgehead atoms. The Labute approximate surface area is 115 Å². The molecule has 0 aliphatic heterocycles. The molecule has 0 heterocycles. The molecule has 0 aliphatic rings. The smallest absolute Gasteiger partial charge is 0.161 e. The van der Waals surface area contributed by atoms with Gasteiger partial charge in [0, 0.05) is 0 Å². The second kappa shape index (κ2) is 7.03. The van der Waals surface area contributed by atoms with Crippen molar-refractivity contribution in [2.24, 2.45) is 0 Å². The van der Waals surface area contributed by atoms with Crippen LogP contribution in [0.15, 0.2) is 36.4 Å². The number of phenolic OH excluding ortho intramolecular Hbond substituents is 1. The van der Waals surface area contributed by atoms with Crippen molar-refractivity contribution in [3.8, 4) is 11.5 Å². The lowest BCUT2D eigenvalue weighted by Crippen LogP contribution is -1.97. The number of aromatic hydroxyl groups is 1. The molecule has 0 aliphatic carbocycles. The molecule has 0 radical (unpaired) electrons. The summed E-state index contributed by atoms with van der Waals surface area (Å²) in [5.74, 6) is 0.821. The number of phenols is 1. The summed E-state index contributed by atoms with van der Waals surface area (Å²) in [6.07, 6.45) is 6.06. The van der Waals surface area contributed by atoms with Crippen molar-refractivity contribution >= 4 is 10.8 Å². The summed E-state index contributed by atoms with van der Waals surface area (Å²) >= 11 is 0. The van der Waals surface area contributed by atoms with Crippen LogP contribution in [0.5, 0.6) is 11.5 Å². The van der Waals surface area contributed by atoms with Crippen molar-refractivity contribution in [1.29, 1.82) is 0 Å². The maximum absolute atomic E-state index is 9.92. The van der Waals surface area contributed by atoms with E-state index in [4.69, 9.17) is 4.74 Å². The van der Waals surface area contributed by atoms with Gasteiger partial charge in [0.1, 0.15) is 0 Å². The topological polar surface area (TPSA) is 29.5 Å². The molecule has 0 unspecified atom stereocenters. The van der Waals surface area contributed by atoms with Gasteiger partial charge >= 0.3 is 0 Å². The van der Waals surface area contributed by atoms with Crippen LogP contribution in [0.4, 0.5) is 0 Å². The first kappa shape index (κ1) is 13.7. The summed E-state index contributed by atoms with van der Waals surface area (Å²) in [4.78, 5) is 0. The molecule has 19 heavy (non-hydrogen) atoms. The molecule has 0 atom stereocenters. The van der Waals surface area contributed by atoms with Gasteiger partial charge in [-0.1, -0.05) is 56.9 Å². The number of hydrogen-bond acceptors (Lipinski definition) is 2. The van der Waals surface area contributed by atoms with E-state index in [2.05, 4.69) is 6.92 Å². The van der Waals surface area contributed by atoms with E-state index in [9.17, 15) is 5.11 Å². The normalized spacial score (nSPS) is 10.8. The third-order valence-corrected chi connectivity index (χ3v) is 3.33. The van der Waals surface area contributed by atoms with Gasteiger partial charge in [-0.2, -0.15) is 0 Å². The molecular formula is C17H22O2. The molecular weight excluding hydrogens is 236 g/mol. The first-order valence-corrected chi connectivity index (χ1v) is 7.16. The molecule has 2 heteroatoms. The minimum absolute atomic E-state index is 0.229. The summed E-state index contributed by atoms with van der Waals surface area (Å²) in [6.45, 7) is 2.89. The number of unbranched alkanes of at least 4 members (excludes halogenated alkanes) is 4. The van der Waals surface area contributed by atoms with Crippen LogP contribution in [0.1, 0.15) is 39.0 Å². The molecule has 0 saturated heterocycles. The number of fused-ring (bicyclic) bond motifs is 1. The second-order valence-corrected chi connectivity index (χ2v) is 4.93. The Hall–Kier alpha value is -1.70. The predicted octanol–water partition coefficient (Wildman–Crippen LogP) is 4.89. The van der Waals surface area contributed by atoms with E-state index < -0.39 is 0 Å². The van der Waals surface area contributed by atoms with Gasteiger partial charge in [0.2, 0.25) is 0 Å². The Balaban J connectivity index is 1.91. The van der Waals surface area contributed by atoms with Crippen molar-refractivity contribution < 1.29 is 9.84 Å². The van der Waals surface area contributed by atoms with Crippen LogP contribution in [-0.4, -0.2) is 11.7 Å². The molecule has 0 saturated carbocycles. The van der Waals surface area contributed by atoms with Gasteiger partial charge in [-0.25, -0.2) is 0 Å². The summed E-state index contributed by atoms with van der Waals surface area (Å²) < 4.78 is 5.68. The van der Waals surface area contributed by atoms with Crippen molar-refractivity contribution in [2.75, 3.05) is 6.61 Å². The maximum Gasteiger partial charge on any atom is 0.161 e. The molecule has 102 valence electrons. The molecule has 0 amide bonds. The van der Waals surface area contributed by atoms with Gasteiger partial charge in [0.15, 0.2) is 11.5 Å². The van der Waals surface area contributed by atoms with E-state index in [0.29, 0.717) is 12.4 Å². The van der Waals surface area contributed by atoms with Crippen LogP contribution in [0.3, 0.4) is 0 Å². The molecule has 2 rings (SSSR count). The van der Waals surface area contributed by atoms with Gasteiger partial charge in [-0.3, -0.25) is 0 Å². The molecule has 0 spiro atoms. The zero-order valence-electron chi connectivity index (χ0n) is 11.6. The lowest BCUT2D eigenvalue weighted by molar-refractivity contribution is 0.289. The second-order valence-electron chi connectivity index (χ2n) is 4.93. The molecule has 1 N–H and O–H groups in total. The van der Waals surface area contributed by atoms with E-state index >= 15 is 0 Å². The lowest BCUT2D eigenvalue weighted by Gasteiger charge is -2.09. The summed E-state index contributed by atoms with van der Waals surface area (Å²) in [6, 6.07) is 11.7. The largest absolute Gasteiger partial charge is 0.504 e. The molecule has 2 nitrogen and oxygen atoms in total. The Morgan fingerprint density at radius 3 is 2.37 bits per heavy atom. The van der Waals surface area contributed by atoms with Crippen molar-refractivity contribution in [1.82, 2.24) is 0 Å². The first-order chi connectivity index (χ1) is 9.31. The highest BCUT2D eigenvalue weighted by Crippen LogP contribution is 2.31. The lowest BCUT2D eigenvalue weighted by atomic mass is 10.1. The number of rotatable bonds is 7. The third-order valence-electron chi connectivity index (χ3n) is 3.33. The quantitative estimate of drug-likeness (QED) is 0.716. The Morgan fingerprint density at radius 1 is 0.947 bits per heavy atom. The average molecular weight is 258 g/mol. The molecule has 2 aromatic carbocycles. The van der Waals surface area contributed by atoms with Crippen molar-refractivity contribution in [3.05, 3.63) is 36.4 Å². The van der Waals surface area contributed by atoms with Crippen LogP contribution >= 0.6 is 0 Å². The van der Waals surface area contributed by atoms with E-state index in [0.717, 1.165) is 17.2 Å². The Morgan fingerprint density at radius 2 is 1.63 bits per heavy atom. The molecule has 2 aromatic rings. The number of benzene rings is 2. The average Bonchev–Trinajstić information content (AvgIpc) is 2.43. The summed E-state index contributed by atoms with van der Waals surface area (Å²) in [5, 5.41) is 12.1. The standard InChI is InChI=1S/C17H22O2/c1-2-3-4-5-8-11-19-17-13-15-10-7-6-9-14(15)12-16(17)18/h6-7,9-10,12-13,18H,2-5,8,11H2,1H3. The summed E-state index contributed by atoms with van der Waals surface area (Å²) in [5.41, 5.74) is 0. The van der Waals surface area contributed by atoms with Crippen molar-refractivity contribution in [3.63, 3.8) is 0 Å².